The average Bonchev–Trinajstić information content (AvgIpc) is 1.85. The SMILES string of the molecule is CC(C)C(C(=O)NN)C(C)C. The maximum Gasteiger partial charge on any atom is 0.237 e. The Morgan fingerprint density at radius 3 is 1.64 bits per heavy atom. The normalized spacial score (nSPS) is 11.3. The molecule has 0 heterocycles. The third-order valence-corrected chi connectivity index (χ3v) is 1.88. The molecule has 0 aromatic carbocycles. The molecule has 0 aromatic rings. The van der Waals surface area contributed by atoms with Crippen molar-refractivity contribution in [3.05, 3.63) is 0 Å². The van der Waals surface area contributed by atoms with Crippen LogP contribution in [0.5, 0.6) is 0 Å². The molecule has 0 unspecified atom stereocenters. The standard InChI is InChI=1S/C8H18N2O/c1-5(2)7(6(3)4)8(11)10-9/h5-7H,9H2,1-4H3,(H,10,11). The van der Waals surface area contributed by atoms with Crippen LogP contribution in [0.25, 0.3) is 0 Å². The van der Waals surface area contributed by atoms with Crippen LogP contribution in [-0.2, 0) is 4.79 Å². The van der Waals surface area contributed by atoms with Crippen molar-refractivity contribution < 1.29 is 4.79 Å². The first kappa shape index (κ1) is 10.4. The quantitative estimate of drug-likeness (QED) is 0.364. The molecule has 0 radical (unpaired) electrons. The number of amides is 1. The third kappa shape index (κ3) is 2.89. The van der Waals surface area contributed by atoms with E-state index in [1.807, 2.05) is 27.7 Å². The van der Waals surface area contributed by atoms with Crippen molar-refractivity contribution in [2.75, 3.05) is 0 Å². The van der Waals surface area contributed by atoms with Crippen molar-refractivity contribution in [2.24, 2.45) is 23.6 Å². The van der Waals surface area contributed by atoms with Crippen LogP contribution in [-0.4, -0.2) is 5.91 Å². The van der Waals surface area contributed by atoms with Gasteiger partial charge in [0.1, 0.15) is 0 Å². The van der Waals surface area contributed by atoms with Gasteiger partial charge in [-0.15, -0.1) is 0 Å². The molecule has 0 rings (SSSR count). The minimum Gasteiger partial charge on any atom is -0.294 e. The van der Waals surface area contributed by atoms with Gasteiger partial charge in [-0.1, -0.05) is 27.7 Å². The zero-order valence-electron chi connectivity index (χ0n) is 7.72. The van der Waals surface area contributed by atoms with Gasteiger partial charge in [0, 0.05) is 5.92 Å². The fourth-order valence-electron chi connectivity index (χ4n) is 1.47. The van der Waals surface area contributed by atoms with Gasteiger partial charge in [-0.25, -0.2) is 5.84 Å². The van der Waals surface area contributed by atoms with Crippen molar-refractivity contribution in [3.8, 4) is 0 Å². The van der Waals surface area contributed by atoms with Gasteiger partial charge in [0.05, 0.1) is 0 Å². The Kier molecular flexibility index (Phi) is 4.11. The molecule has 1 amide bonds. The zero-order chi connectivity index (χ0) is 9.02. The highest BCUT2D eigenvalue weighted by Crippen LogP contribution is 2.19. The van der Waals surface area contributed by atoms with Gasteiger partial charge in [-0.2, -0.15) is 0 Å². The summed E-state index contributed by atoms with van der Waals surface area (Å²) in [6, 6.07) is 0. The summed E-state index contributed by atoms with van der Waals surface area (Å²) >= 11 is 0. The van der Waals surface area contributed by atoms with E-state index in [-0.39, 0.29) is 11.8 Å². The second kappa shape index (κ2) is 4.34. The molecule has 66 valence electrons. The maximum atomic E-state index is 11.2. The van der Waals surface area contributed by atoms with Crippen LogP contribution in [0, 0.1) is 17.8 Å². The summed E-state index contributed by atoms with van der Waals surface area (Å²) in [6.45, 7) is 8.11. The van der Waals surface area contributed by atoms with Crippen molar-refractivity contribution in [2.45, 2.75) is 27.7 Å². The highest BCUT2D eigenvalue weighted by Gasteiger charge is 2.24. The topological polar surface area (TPSA) is 55.1 Å². The maximum absolute atomic E-state index is 11.2. The Bertz CT molecular complexity index is 124. The predicted octanol–water partition coefficient (Wildman–Crippen LogP) is 0.905. The van der Waals surface area contributed by atoms with Gasteiger partial charge < -0.3 is 0 Å². The first-order chi connectivity index (χ1) is 5.00. The minimum absolute atomic E-state index is 0.0278. The van der Waals surface area contributed by atoms with E-state index in [0.29, 0.717) is 11.8 Å². The number of carbonyl (C=O) groups is 1. The van der Waals surface area contributed by atoms with Gasteiger partial charge in [-0.05, 0) is 11.8 Å². The van der Waals surface area contributed by atoms with E-state index in [1.165, 1.54) is 0 Å². The Hall–Kier alpha value is -0.570. The number of rotatable bonds is 3. The zero-order valence-corrected chi connectivity index (χ0v) is 7.72. The molecule has 3 heteroatoms. The molecule has 0 aliphatic carbocycles. The lowest BCUT2D eigenvalue weighted by molar-refractivity contribution is -0.127. The highest BCUT2D eigenvalue weighted by molar-refractivity contribution is 5.78. The van der Waals surface area contributed by atoms with Crippen molar-refractivity contribution in [1.82, 2.24) is 5.43 Å². The smallest absolute Gasteiger partial charge is 0.237 e. The molecule has 3 N–H and O–H groups in total. The van der Waals surface area contributed by atoms with Crippen molar-refractivity contribution in [1.29, 1.82) is 0 Å². The van der Waals surface area contributed by atoms with E-state index in [0.717, 1.165) is 0 Å². The van der Waals surface area contributed by atoms with Crippen molar-refractivity contribution >= 4 is 5.91 Å². The van der Waals surface area contributed by atoms with E-state index in [2.05, 4.69) is 5.43 Å². The van der Waals surface area contributed by atoms with E-state index >= 15 is 0 Å². The van der Waals surface area contributed by atoms with E-state index < -0.39 is 0 Å². The first-order valence-electron chi connectivity index (χ1n) is 4.01. The monoisotopic (exact) mass is 158 g/mol. The van der Waals surface area contributed by atoms with Gasteiger partial charge in [0.25, 0.3) is 0 Å². The molecule has 11 heavy (non-hydrogen) atoms. The highest BCUT2D eigenvalue weighted by atomic mass is 16.2. The number of nitrogens with one attached hydrogen (secondary N) is 1. The Balaban J connectivity index is 4.22. The Labute approximate surface area is 68.3 Å². The van der Waals surface area contributed by atoms with Crippen LogP contribution in [0.15, 0.2) is 0 Å². The summed E-state index contributed by atoms with van der Waals surface area (Å²) in [5, 5.41) is 0. The third-order valence-electron chi connectivity index (χ3n) is 1.88. The van der Waals surface area contributed by atoms with Crippen LogP contribution in [0.4, 0.5) is 0 Å². The summed E-state index contributed by atoms with van der Waals surface area (Å²) in [5.41, 5.74) is 2.19. The fraction of sp³-hybridized carbons (Fsp3) is 0.875. The van der Waals surface area contributed by atoms with Crippen LogP contribution in [0.1, 0.15) is 27.7 Å². The average molecular weight is 158 g/mol. The van der Waals surface area contributed by atoms with Crippen molar-refractivity contribution in [3.63, 3.8) is 0 Å². The second-order valence-corrected chi connectivity index (χ2v) is 3.52. The summed E-state index contributed by atoms with van der Waals surface area (Å²) < 4.78 is 0. The number of nitrogens with two attached hydrogens (primary N) is 1. The number of hydrogen-bond donors (Lipinski definition) is 2. The van der Waals surface area contributed by atoms with E-state index in [1.54, 1.807) is 0 Å². The summed E-state index contributed by atoms with van der Waals surface area (Å²) in [4.78, 5) is 11.2. The van der Waals surface area contributed by atoms with E-state index in [4.69, 9.17) is 5.84 Å². The molecule has 0 saturated carbocycles. The molecule has 0 saturated heterocycles. The molecular weight excluding hydrogens is 140 g/mol. The van der Waals surface area contributed by atoms with Crippen LogP contribution in [0.2, 0.25) is 0 Å². The van der Waals surface area contributed by atoms with Crippen LogP contribution >= 0.6 is 0 Å². The van der Waals surface area contributed by atoms with E-state index in [9.17, 15) is 4.79 Å². The summed E-state index contributed by atoms with van der Waals surface area (Å²) in [6.07, 6.45) is 0. The van der Waals surface area contributed by atoms with Gasteiger partial charge >= 0.3 is 0 Å². The number of hydrogen-bond acceptors (Lipinski definition) is 2. The molecule has 3 nitrogen and oxygen atoms in total. The van der Waals surface area contributed by atoms with Crippen LogP contribution < -0.4 is 11.3 Å². The molecule has 0 fully saturated rings. The van der Waals surface area contributed by atoms with Gasteiger partial charge in [-0.3, -0.25) is 10.2 Å². The molecular formula is C8H18N2O. The molecule has 0 spiro atoms. The molecule has 0 aliphatic rings. The van der Waals surface area contributed by atoms with Gasteiger partial charge in [0.15, 0.2) is 0 Å². The number of carbonyl (C=O) groups excluding carboxylic acids is 1. The molecule has 0 atom stereocenters. The second-order valence-electron chi connectivity index (χ2n) is 3.52. The predicted molar refractivity (Wildman–Crippen MR) is 45.5 cm³/mol. The summed E-state index contributed by atoms with van der Waals surface area (Å²) in [7, 11) is 0. The van der Waals surface area contributed by atoms with Crippen LogP contribution in [0.3, 0.4) is 0 Å². The Morgan fingerprint density at radius 2 is 1.55 bits per heavy atom. The Morgan fingerprint density at radius 1 is 1.18 bits per heavy atom. The van der Waals surface area contributed by atoms with Gasteiger partial charge in [0.2, 0.25) is 5.91 Å². The number of hydrazine groups is 1. The minimum atomic E-state index is -0.0602. The lowest BCUT2D eigenvalue weighted by atomic mass is 9.85. The summed E-state index contributed by atoms with van der Waals surface area (Å²) in [5.74, 6) is 5.71. The largest absolute Gasteiger partial charge is 0.294 e. The molecule has 0 aliphatic heterocycles. The first-order valence-corrected chi connectivity index (χ1v) is 4.01. The lowest BCUT2D eigenvalue weighted by Crippen LogP contribution is -2.40. The molecule has 0 aromatic heterocycles. The fourth-order valence-corrected chi connectivity index (χ4v) is 1.47. The molecule has 0 bridgehead atoms. The lowest BCUT2D eigenvalue weighted by Gasteiger charge is -2.22.